The molecule has 1 aliphatic rings. The lowest BCUT2D eigenvalue weighted by atomic mass is 10.2. The van der Waals surface area contributed by atoms with Gasteiger partial charge in [0.2, 0.25) is 0 Å². The van der Waals surface area contributed by atoms with Crippen LogP contribution in [0.25, 0.3) is 0 Å². The van der Waals surface area contributed by atoms with Crippen LogP contribution >= 0.6 is 0 Å². The first-order chi connectivity index (χ1) is 10.8. The highest BCUT2D eigenvalue weighted by atomic mass is 16.3. The number of aliphatic hydroxyl groups excluding tert-OH is 1. The molecule has 2 aromatic rings. The van der Waals surface area contributed by atoms with Gasteiger partial charge in [-0.1, -0.05) is 6.07 Å². The van der Waals surface area contributed by atoms with E-state index in [-0.39, 0.29) is 6.10 Å². The first kappa shape index (κ1) is 15.1. The maximum Gasteiger partial charge on any atom is 0.0862 e. The Kier molecular flexibility index (Phi) is 5.15. The van der Waals surface area contributed by atoms with Crippen LogP contribution in [-0.4, -0.2) is 68.5 Å². The molecular weight excluding hydrogens is 278 g/mol. The van der Waals surface area contributed by atoms with E-state index in [0.717, 1.165) is 38.4 Å². The van der Waals surface area contributed by atoms with E-state index in [0.29, 0.717) is 13.1 Å². The van der Waals surface area contributed by atoms with Gasteiger partial charge in [-0.15, -0.1) is 0 Å². The molecule has 1 N–H and O–H groups in total. The van der Waals surface area contributed by atoms with Crippen molar-refractivity contribution in [2.24, 2.45) is 0 Å². The predicted octanol–water partition coefficient (Wildman–Crippen LogP) is 0.457. The number of rotatable bonds is 6. The average Bonchev–Trinajstić information content (AvgIpc) is 3.03. The molecule has 1 atom stereocenters. The van der Waals surface area contributed by atoms with Gasteiger partial charge in [0.15, 0.2) is 0 Å². The van der Waals surface area contributed by atoms with Crippen molar-refractivity contribution < 1.29 is 5.11 Å². The summed E-state index contributed by atoms with van der Waals surface area (Å²) < 4.78 is 1.78. The van der Waals surface area contributed by atoms with Crippen molar-refractivity contribution in [3.8, 4) is 0 Å². The Labute approximate surface area is 131 Å². The van der Waals surface area contributed by atoms with Gasteiger partial charge in [-0.05, 0) is 18.2 Å². The topological polar surface area (TPSA) is 57.4 Å². The van der Waals surface area contributed by atoms with Crippen LogP contribution in [0.1, 0.15) is 5.69 Å². The smallest absolute Gasteiger partial charge is 0.0862 e. The second-order valence-electron chi connectivity index (χ2n) is 5.78. The number of β-amino-alcohol motifs (C(OH)–C–C–N with tert-alkyl or cyclic N) is 1. The third kappa shape index (κ3) is 4.37. The lowest BCUT2D eigenvalue weighted by Crippen LogP contribution is -2.48. The summed E-state index contributed by atoms with van der Waals surface area (Å²) >= 11 is 0. The van der Waals surface area contributed by atoms with Gasteiger partial charge in [0.05, 0.1) is 18.3 Å². The molecule has 3 heterocycles. The molecule has 0 amide bonds. The van der Waals surface area contributed by atoms with E-state index in [2.05, 4.69) is 25.9 Å². The lowest BCUT2D eigenvalue weighted by molar-refractivity contribution is 0.0602. The molecule has 1 aliphatic heterocycles. The molecule has 22 heavy (non-hydrogen) atoms. The van der Waals surface area contributed by atoms with Crippen molar-refractivity contribution in [2.45, 2.75) is 19.2 Å². The second-order valence-corrected chi connectivity index (χ2v) is 5.78. The zero-order valence-corrected chi connectivity index (χ0v) is 12.8. The third-order valence-electron chi connectivity index (χ3n) is 4.00. The Hall–Kier alpha value is -1.76. The van der Waals surface area contributed by atoms with Crippen molar-refractivity contribution >= 4 is 0 Å². The van der Waals surface area contributed by atoms with E-state index in [4.69, 9.17) is 0 Å². The summed E-state index contributed by atoms with van der Waals surface area (Å²) in [5.41, 5.74) is 1.12. The molecular formula is C16H23N5O. The number of aliphatic hydroxyl groups is 1. The van der Waals surface area contributed by atoms with Crippen LogP contribution in [0.2, 0.25) is 0 Å². The van der Waals surface area contributed by atoms with Crippen LogP contribution in [-0.2, 0) is 13.1 Å². The Bertz CT molecular complexity index is 537. The highest BCUT2D eigenvalue weighted by Gasteiger charge is 2.19. The highest BCUT2D eigenvalue weighted by molar-refractivity contribution is 5.03. The van der Waals surface area contributed by atoms with Gasteiger partial charge in [-0.2, -0.15) is 5.10 Å². The minimum Gasteiger partial charge on any atom is -0.390 e. The predicted molar refractivity (Wildman–Crippen MR) is 84.2 cm³/mol. The zero-order chi connectivity index (χ0) is 15.2. The van der Waals surface area contributed by atoms with E-state index < -0.39 is 0 Å². The number of nitrogens with zero attached hydrogens (tertiary/aromatic N) is 5. The van der Waals surface area contributed by atoms with Crippen LogP contribution in [0, 0.1) is 0 Å². The van der Waals surface area contributed by atoms with Crippen molar-refractivity contribution in [2.75, 3.05) is 32.7 Å². The molecule has 1 saturated heterocycles. The van der Waals surface area contributed by atoms with Crippen LogP contribution in [0.5, 0.6) is 0 Å². The van der Waals surface area contributed by atoms with E-state index in [9.17, 15) is 5.11 Å². The molecule has 1 fully saturated rings. The Balaban J connectivity index is 1.40. The summed E-state index contributed by atoms with van der Waals surface area (Å²) in [5.74, 6) is 0. The quantitative estimate of drug-likeness (QED) is 0.840. The van der Waals surface area contributed by atoms with Gasteiger partial charge >= 0.3 is 0 Å². The fraction of sp³-hybridized carbons (Fsp3) is 0.500. The van der Waals surface area contributed by atoms with Gasteiger partial charge in [0.1, 0.15) is 0 Å². The first-order valence-electron chi connectivity index (χ1n) is 7.80. The van der Waals surface area contributed by atoms with E-state index in [1.54, 1.807) is 10.9 Å². The van der Waals surface area contributed by atoms with E-state index >= 15 is 0 Å². The molecule has 2 aromatic heterocycles. The lowest BCUT2D eigenvalue weighted by Gasteiger charge is -2.35. The van der Waals surface area contributed by atoms with Gasteiger partial charge in [0.25, 0.3) is 0 Å². The standard InChI is InChI=1S/C16H23N5O/c22-16(14-21-7-3-6-18-21)13-20-10-8-19(9-11-20)12-15-4-1-2-5-17-15/h1-7,16,22H,8-14H2/t16-/m0/s1. The second kappa shape index (κ2) is 7.49. The van der Waals surface area contributed by atoms with Crippen molar-refractivity contribution in [1.82, 2.24) is 24.6 Å². The molecule has 0 unspecified atom stereocenters. The van der Waals surface area contributed by atoms with Crippen molar-refractivity contribution in [3.05, 3.63) is 48.5 Å². The molecule has 6 heteroatoms. The average molecular weight is 301 g/mol. The summed E-state index contributed by atoms with van der Waals surface area (Å²) in [6.45, 7) is 6.19. The minimum atomic E-state index is -0.373. The van der Waals surface area contributed by atoms with Crippen LogP contribution in [0.15, 0.2) is 42.9 Å². The normalized spacial score (nSPS) is 18.4. The summed E-state index contributed by atoms with van der Waals surface area (Å²) in [6.07, 6.45) is 5.09. The van der Waals surface area contributed by atoms with Crippen LogP contribution in [0.3, 0.4) is 0 Å². The summed E-state index contributed by atoms with van der Waals surface area (Å²) in [5, 5.41) is 14.3. The van der Waals surface area contributed by atoms with E-state index in [1.807, 2.05) is 30.6 Å². The third-order valence-corrected chi connectivity index (χ3v) is 4.00. The molecule has 0 aromatic carbocycles. The van der Waals surface area contributed by atoms with Gasteiger partial charge < -0.3 is 5.11 Å². The summed E-state index contributed by atoms with van der Waals surface area (Å²) in [4.78, 5) is 9.11. The SMILES string of the molecule is O[C@@H](CN1CCN(Cc2ccccn2)CC1)Cn1cccn1. The number of hydrogen-bond acceptors (Lipinski definition) is 5. The fourth-order valence-electron chi connectivity index (χ4n) is 2.83. The number of aromatic nitrogens is 3. The van der Waals surface area contributed by atoms with Gasteiger partial charge in [-0.3, -0.25) is 19.5 Å². The molecule has 0 spiro atoms. The maximum atomic E-state index is 10.1. The van der Waals surface area contributed by atoms with E-state index in [1.165, 1.54) is 0 Å². The number of pyridine rings is 1. The van der Waals surface area contributed by atoms with Crippen LogP contribution < -0.4 is 0 Å². The number of hydrogen-bond donors (Lipinski definition) is 1. The number of piperazine rings is 1. The maximum absolute atomic E-state index is 10.1. The summed E-state index contributed by atoms with van der Waals surface area (Å²) in [7, 11) is 0. The fourth-order valence-corrected chi connectivity index (χ4v) is 2.83. The monoisotopic (exact) mass is 301 g/mol. The molecule has 0 radical (unpaired) electrons. The van der Waals surface area contributed by atoms with Crippen molar-refractivity contribution in [1.29, 1.82) is 0 Å². The zero-order valence-electron chi connectivity index (χ0n) is 12.8. The Morgan fingerprint density at radius 1 is 1.00 bits per heavy atom. The van der Waals surface area contributed by atoms with Gasteiger partial charge in [0, 0.05) is 57.9 Å². The van der Waals surface area contributed by atoms with Crippen molar-refractivity contribution in [3.63, 3.8) is 0 Å². The Morgan fingerprint density at radius 3 is 2.50 bits per heavy atom. The minimum absolute atomic E-state index is 0.373. The molecule has 0 saturated carbocycles. The van der Waals surface area contributed by atoms with Gasteiger partial charge in [-0.25, -0.2) is 0 Å². The molecule has 6 nitrogen and oxygen atoms in total. The molecule has 118 valence electrons. The Morgan fingerprint density at radius 2 is 1.82 bits per heavy atom. The first-order valence-corrected chi connectivity index (χ1v) is 7.80. The highest BCUT2D eigenvalue weighted by Crippen LogP contribution is 2.07. The van der Waals surface area contributed by atoms with Crippen LogP contribution in [0.4, 0.5) is 0 Å². The molecule has 0 bridgehead atoms. The largest absolute Gasteiger partial charge is 0.390 e. The summed E-state index contributed by atoms with van der Waals surface area (Å²) in [6, 6.07) is 7.93. The molecule has 0 aliphatic carbocycles. The molecule has 3 rings (SSSR count).